The number of fused-ring (bicyclic) bond motifs is 2. The van der Waals surface area contributed by atoms with Gasteiger partial charge in [0.2, 0.25) is 6.43 Å². The topological polar surface area (TPSA) is 32.3 Å². The fourth-order valence-electron chi connectivity index (χ4n) is 4.78. The van der Waals surface area contributed by atoms with Gasteiger partial charge in [0.1, 0.15) is 0 Å². The second-order valence-electron chi connectivity index (χ2n) is 7.88. The van der Waals surface area contributed by atoms with Gasteiger partial charge >= 0.3 is 6.03 Å². The van der Waals surface area contributed by atoms with Crippen molar-refractivity contribution < 1.29 is 13.6 Å². The highest BCUT2D eigenvalue weighted by Crippen LogP contribution is 2.48. The first kappa shape index (κ1) is 17.1. The third-order valence-electron chi connectivity index (χ3n) is 6.21. The molecule has 0 radical (unpaired) electrons. The molecule has 3 nitrogen and oxygen atoms in total. The van der Waals surface area contributed by atoms with Crippen LogP contribution in [0.4, 0.5) is 19.3 Å². The Bertz CT molecular complexity index is 671. The summed E-state index contributed by atoms with van der Waals surface area (Å²) in [5.41, 5.74) is 1.37. The Kier molecular flexibility index (Phi) is 4.38. The maximum Gasteiger partial charge on any atom is 0.322 e. The lowest BCUT2D eigenvalue weighted by Crippen LogP contribution is -2.63. The van der Waals surface area contributed by atoms with E-state index in [-0.39, 0.29) is 11.9 Å². The molecule has 1 N–H and O–H groups in total. The van der Waals surface area contributed by atoms with Crippen LogP contribution < -0.4 is 5.32 Å². The Morgan fingerprint density at radius 2 is 1.96 bits per heavy atom. The minimum absolute atomic E-state index is 0.0829. The monoisotopic (exact) mass is 368 g/mol. The lowest BCUT2D eigenvalue weighted by atomic mass is 9.70. The molecular formula is C19H23ClF2N2O. The lowest BCUT2D eigenvalue weighted by molar-refractivity contribution is -0.00602. The number of urea groups is 1. The second-order valence-corrected chi connectivity index (χ2v) is 8.28. The molecule has 4 aliphatic rings. The lowest BCUT2D eigenvalue weighted by Gasteiger charge is -2.54. The molecule has 25 heavy (non-hydrogen) atoms. The van der Waals surface area contributed by atoms with Crippen molar-refractivity contribution in [1.82, 2.24) is 4.90 Å². The maximum absolute atomic E-state index is 13.1. The number of benzene rings is 1. The zero-order chi connectivity index (χ0) is 17.7. The van der Waals surface area contributed by atoms with Crippen LogP contribution in [0.2, 0.25) is 5.02 Å². The van der Waals surface area contributed by atoms with E-state index in [1.54, 1.807) is 18.2 Å². The molecule has 2 amide bonds. The number of amides is 2. The van der Waals surface area contributed by atoms with Crippen LogP contribution in [-0.4, -0.2) is 29.4 Å². The number of carbonyl (C=O) groups is 1. The SMILES string of the molecule is CC1CC2CC(C1)N2C(=O)Nc1ccc(Cl)c([C@@H]2CC[C@@H]2C(F)F)c1. The van der Waals surface area contributed by atoms with Crippen molar-refractivity contribution in [2.75, 3.05) is 5.32 Å². The molecule has 5 rings (SSSR count). The number of nitrogens with one attached hydrogen (secondary N) is 1. The zero-order valence-electron chi connectivity index (χ0n) is 14.2. The van der Waals surface area contributed by atoms with Crippen LogP contribution in [0.25, 0.3) is 0 Å². The van der Waals surface area contributed by atoms with Crippen molar-refractivity contribution in [1.29, 1.82) is 0 Å². The largest absolute Gasteiger partial charge is 0.322 e. The smallest absolute Gasteiger partial charge is 0.318 e. The number of hydrogen-bond acceptors (Lipinski definition) is 1. The van der Waals surface area contributed by atoms with E-state index < -0.39 is 12.3 Å². The summed E-state index contributed by atoms with van der Waals surface area (Å²) in [7, 11) is 0. The highest BCUT2D eigenvalue weighted by atomic mass is 35.5. The summed E-state index contributed by atoms with van der Waals surface area (Å²) in [5, 5.41) is 3.45. The van der Waals surface area contributed by atoms with E-state index in [2.05, 4.69) is 12.2 Å². The standard InChI is InChI=1S/C19H23ClF2N2O/c1-10-6-12-9-13(7-10)24(12)19(25)23-11-2-5-17(20)16(8-11)14-3-4-15(14)18(21)22/h2,5,8,10,12-15,18H,3-4,6-7,9H2,1H3,(H,23,25)/t10?,12?,13?,14-,15+/m1/s1. The van der Waals surface area contributed by atoms with Crippen molar-refractivity contribution in [3.63, 3.8) is 0 Å². The van der Waals surface area contributed by atoms with Crippen molar-refractivity contribution in [3.8, 4) is 0 Å². The summed E-state index contributed by atoms with van der Waals surface area (Å²) >= 11 is 6.24. The summed E-state index contributed by atoms with van der Waals surface area (Å²) < 4.78 is 26.1. The molecule has 2 bridgehead atoms. The van der Waals surface area contributed by atoms with Gasteiger partial charge in [-0.1, -0.05) is 18.5 Å². The van der Waals surface area contributed by atoms with Gasteiger partial charge in [0, 0.05) is 28.7 Å². The van der Waals surface area contributed by atoms with Gasteiger partial charge in [-0.15, -0.1) is 0 Å². The predicted octanol–water partition coefficient (Wildman–Crippen LogP) is 5.50. The number of nitrogens with zero attached hydrogens (tertiary/aromatic N) is 1. The Morgan fingerprint density at radius 1 is 1.24 bits per heavy atom. The molecule has 2 saturated carbocycles. The number of piperidine rings is 1. The predicted molar refractivity (Wildman–Crippen MR) is 94.4 cm³/mol. The molecule has 2 unspecified atom stereocenters. The summed E-state index contributed by atoms with van der Waals surface area (Å²) in [6, 6.07) is 5.83. The average molecular weight is 369 g/mol. The third-order valence-corrected chi connectivity index (χ3v) is 6.56. The van der Waals surface area contributed by atoms with E-state index in [1.807, 2.05) is 4.90 Å². The molecule has 136 valence electrons. The molecular weight excluding hydrogens is 346 g/mol. The van der Waals surface area contributed by atoms with Crippen LogP contribution in [0.5, 0.6) is 0 Å². The van der Waals surface area contributed by atoms with Gasteiger partial charge in [-0.2, -0.15) is 0 Å². The van der Waals surface area contributed by atoms with Gasteiger partial charge in [-0.05, 0) is 67.7 Å². The van der Waals surface area contributed by atoms with Crippen LogP contribution in [0.3, 0.4) is 0 Å². The fourth-order valence-corrected chi connectivity index (χ4v) is 5.04. The van der Waals surface area contributed by atoms with Gasteiger partial charge in [0.25, 0.3) is 0 Å². The number of alkyl halides is 2. The molecule has 1 aromatic rings. The Balaban J connectivity index is 1.47. The fraction of sp³-hybridized carbons (Fsp3) is 0.632. The Hall–Kier alpha value is -1.36. The molecule has 0 spiro atoms. The first-order chi connectivity index (χ1) is 11.9. The average Bonchev–Trinajstić information content (AvgIpc) is 2.48. The minimum Gasteiger partial charge on any atom is -0.318 e. The molecule has 0 aromatic heterocycles. The maximum atomic E-state index is 13.1. The quantitative estimate of drug-likeness (QED) is 0.750. The number of halogens is 3. The number of carbonyl (C=O) groups excluding carboxylic acids is 1. The first-order valence-electron chi connectivity index (χ1n) is 9.11. The Labute approximate surface area is 151 Å². The van der Waals surface area contributed by atoms with Crippen LogP contribution in [-0.2, 0) is 0 Å². The highest BCUT2D eigenvalue weighted by Gasteiger charge is 2.46. The molecule has 2 saturated heterocycles. The third kappa shape index (κ3) is 3.01. The summed E-state index contributed by atoms with van der Waals surface area (Å²) in [4.78, 5) is 14.5. The van der Waals surface area contributed by atoms with E-state index in [1.165, 1.54) is 0 Å². The van der Waals surface area contributed by atoms with Crippen LogP contribution in [0.15, 0.2) is 18.2 Å². The molecule has 2 heterocycles. The summed E-state index contributed by atoms with van der Waals surface area (Å²) in [6.07, 6.45) is 2.16. The van der Waals surface area contributed by atoms with Gasteiger partial charge < -0.3 is 10.2 Å². The van der Waals surface area contributed by atoms with Gasteiger partial charge in [-0.3, -0.25) is 0 Å². The van der Waals surface area contributed by atoms with Crippen LogP contribution >= 0.6 is 11.6 Å². The van der Waals surface area contributed by atoms with E-state index in [4.69, 9.17) is 11.6 Å². The number of hydrogen-bond donors (Lipinski definition) is 1. The van der Waals surface area contributed by atoms with Crippen molar-refractivity contribution in [3.05, 3.63) is 28.8 Å². The Morgan fingerprint density at radius 3 is 2.56 bits per heavy atom. The second kappa shape index (κ2) is 6.42. The molecule has 4 atom stereocenters. The zero-order valence-corrected chi connectivity index (χ0v) is 15.0. The summed E-state index contributed by atoms with van der Waals surface area (Å²) in [5.74, 6) is -0.159. The molecule has 2 aliphatic heterocycles. The number of rotatable bonds is 3. The first-order valence-corrected chi connectivity index (χ1v) is 9.48. The van der Waals surface area contributed by atoms with Crippen molar-refractivity contribution in [2.24, 2.45) is 11.8 Å². The van der Waals surface area contributed by atoms with Gasteiger partial charge in [0.05, 0.1) is 0 Å². The minimum atomic E-state index is -2.32. The summed E-state index contributed by atoms with van der Waals surface area (Å²) in [6.45, 7) is 2.23. The van der Waals surface area contributed by atoms with Crippen LogP contribution in [0, 0.1) is 11.8 Å². The van der Waals surface area contributed by atoms with Crippen LogP contribution in [0.1, 0.15) is 50.5 Å². The van der Waals surface area contributed by atoms with E-state index >= 15 is 0 Å². The van der Waals surface area contributed by atoms with Gasteiger partial charge in [-0.25, -0.2) is 13.6 Å². The van der Waals surface area contributed by atoms with E-state index in [0.29, 0.717) is 35.1 Å². The molecule has 1 aromatic carbocycles. The van der Waals surface area contributed by atoms with Crippen molar-refractivity contribution >= 4 is 23.3 Å². The molecule has 6 heteroatoms. The number of anilines is 1. The highest BCUT2D eigenvalue weighted by molar-refractivity contribution is 6.31. The molecule has 4 fully saturated rings. The van der Waals surface area contributed by atoms with E-state index in [0.717, 1.165) is 31.2 Å². The molecule has 2 aliphatic carbocycles. The normalized spacial score (nSPS) is 33.6. The van der Waals surface area contributed by atoms with E-state index in [9.17, 15) is 13.6 Å². The van der Waals surface area contributed by atoms with Gasteiger partial charge in [0.15, 0.2) is 0 Å². The van der Waals surface area contributed by atoms with Crippen molar-refractivity contribution in [2.45, 2.75) is 63.5 Å².